The third kappa shape index (κ3) is 3.62. The summed E-state index contributed by atoms with van der Waals surface area (Å²) >= 11 is 0. The number of likely N-dealkylation sites (tertiary alicyclic amines) is 1. The fourth-order valence-electron chi connectivity index (χ4n) is 5.09. The van der Waals surface area contributed by atoms with Crippen LogP contribution in [0.15, 0.2) is 36.4 Å². The molecule has 176 valence electrons. The summed E-state index contributed by atoms with van der Waals surface area (Å²) < 4.78 is 9.77. The molecule has 1 atom stereocenters. The molecule has 0 radical (unpaired) electrons. The maximum atomic E-state index is 13.1. The molecule has 2 fully saturated rings. The highest BCUT2D eigenvalue weighted by Gasteiger charge is 2.27. The third-order valence-corrected chi connectivity index (χ3v) is 7.17. The summed E-state index contributed by atoms with van der Waals surface area (Å²) in [6, 6.07) is 12.0. The van der Waals surface area contributed by atoms with E-state index in [0.717, 1.165) is 59.5 Å². The van der Waals surface area contributed by atoms with Crippen molar-refractivity contribution in [1.82, 2.24) is 24.0 Å². The van der Waals surface area contributed by atoms with Crippen LogP contribution in [-0.4, -0.2) is 56.2 Å². The number of piperidine rings is 1. The van der Waals surface area contributed by atoms with Crippen LogP contribution in [0.2, 0.25) is 0 Å². The van der Waals surface area contributed by atoms with Gasteiger partial charge in [0.1, 0.15) is 5.65 Å². The topological polar surface area (TPSA) is 91.2 Å². The lowest BCUT2D eigenvalue weighted by Gasteiger charge is -2.30. The minimum atomic E-state index is 0.0309. The van der Waals surface area contributed by atoms with Crippen LogP contribution in [0.3, 0.4) is 0 Å². The minimum absolute atomic E-state index is 0.0309. The first-order valence-corrected chi connectivity index (χ1v) is 12.1. The van der Waals surface area contributed by atoms with Gasteiger partial charge in [-0.25, -0.2) is 4.98 Å². The van der Waals surface area contributed by atoms with Gasteiger partial charge in [0.15, 0.2) is 5.82 Å². The van der Waals surface area contributed by atoms with Crippen LogP contribution in [0, 0.1) is 5.92 Å². The number of pyridine rings is 1. The Bertz CT molecular complexity index is 1400. The van der Waals surface area contributed by atoms with Gasteiger partial charge in [0.2, 0.25) is 5.88 Å². The zero-order valence-corrected chi connectivity index (χ0v) is 19.7. The minimum Gasteiger partial charge on any atom is -0.481 e. The number of carbonyl (C=O) groups excluding carboxylic acids is 1. The Balaban J connectivity index is 1.42. The second kappa shape index (κ2) is 8.13. The standard InChI is InChI=1S/C26H30N6O2/c1-30-21-9-7-18(26(33)31-11-3-4-19(27)15-31)12-20(21)28-25(30)22-13-17-8-10-23(34-2)29-24(17)32(22)14-16-5-6-16/h7-10,12-13,16,19H,3-6,11,14-15,27H2,1-2H3/t19-/m1/s1. The Labute approximate surface area is 198 Å². The first-order chi connectivity index (χ1) is 16.5. The first-order valence-electron chi connectivity index (χ1n) is 12.1. The van der Waals surface area contributed by atoms with E-state index in [2.05, 4.69) is 21.3 Å². The van der Waals surface area contributed by atoms with Crippen LogP contribution in [0.25, 0.3) is 33.6 Å². The molecule has 8 nitrogen and oxygen atoms in total. The number of amides is 1. The number of ether oxygens (including phenoxy) is 1. The quantitative estimate of drug-likeness (QED) is 0.494. The Morgan fingerprint density at radius 1 is 1.15 bits per heavy atom. The molecule has 0 bridgehead atoms. The van der Waals surface area contributed by atoms with Gasteiger partial charge in [0, 0.05) is 49.7 Å². The van der Waals surface area contributed by atoms with Crippen LogP contribution in [0.4, 0.5) is 0 Å². The number of hydrogen-bond donors (Lipinski definition) is 1. The van der Waals surface area contributed by atoms with Gasteiger partial charge >= 0.3 is 0 Å². The second-order valence-electron chi connectivity index (χ2n) is 9.70. The summed E-state index contributed by atoms with van der Waals surface area (Å²) in [5, 5.41) is 1.07. The van der Waals surface area contributed by atoms with Crippen LogP contribution in [-0.2, 0) is 13.6 Å². The molecule has 1 saturated heterocycles. The van der Waals surface area contributed by atoms with E-state index in [1.165, 1.54) is 12.8 Å². The molecule has 2 N–H and O–H groups in total. The van der Waals surface area contributed by atoms with Crippen molar-refractivity contribution in [3.05, 3.63) is 42.0 Å². The number of benzene rings is 1. The number of nitrogens with two attached hydrogens (primary N) is 1. The van der Waals surface area contributed by atoms with Crippen LogP contribution < -0.4 is 10.5 Å². The second-order valence-corrected chi connectivity index (χ2v) is 9.70. The van der Waals surface area contributed by atoms with Crippen molar-refractivity contribution >= 4 is 28.0 Å². The molecule has 1 aromatic carbocycles. The van der Waals surface area contributed by atoms with E-state index in [1.54, 1.807) is 7.11 Å². The summed E-state index contributed by atoms with van der Waals surface area (Å²) in [4.78, 5) is 24.7. The fourth-order valence-corrected chi connectivity index (χ4v) is 5.09. The van der Waals surface area contributed by atoms with Gasteiger partial charge < -0.3 is 24.5 Å². The summed E-state index contributed by atoms with van der Waals surface area (Å²) in [6.07, 6.45) is 4.42. The Kier molecular flexibility index (Phi) is 5.06. The predicted octanol–water partition coefficient (Wildman–Crippen LogP) is 3.57. The highest BCUT2D eigenvalue weighted by molar-refractivity contribution is 5.98. The third-order valence-electron chi connectivity index (χ3n) is 7.17. The molecule has 3 aromatic heterocycles. The van der Waals surface area contributed by atoms with Gasteiger partial charge in [0.05, 0.1) is 23.8 Å². The molecule has 0 unspecified atom stereocenters. The molecule has 4 aromatic rings. The molecule has 1 saturated carbocycles. The molecule has 6 rings (SSSR count). The molecular formula is C26H30N6O2. The lowest BCUT2D eigenvalue weighted by atomic mass is 10.1. The number of aryl methyl sites for hydroxylation is 1. The van der Waals surface area contributed by atoms with Crippen LogP contribution in [0.1, 0.15) is 36.0 Å². The maximum Gasteiger partial charge on any atom is 0.253 e. The van der Waals surface area contributed by atoms with Crippen LogP contribution >= 0.6 is 0 Å². The van der Waals surface area contributed by atoms with Crippen molar-refractivity contribution in [2.24, 2.45) is 18.7 Å². The maximum absolute atomic E-state index is 13.1. The molecule has 1 aliphatic heterocycles. The molecule has 8 heteroatoms. The SMILES string of the molecule is COc1ccc2cc(-c3nc4cc(C(=O)N5CCC[C@@H](N)C5)ccc4n3C)n(CC3CC3)c2n1. The smallest absolute Gasteiger partial charge is 0.253 e. The van der Waals surface area contributed by atoms with Crippen molar-refractivity contribution < 1.29 is 9.53 Å². The lowest BCUT2D eigenvalue weighted by molar-refractivity contribution is 0.0709. The summed E-state index contributed by atoms with van der Waals surface area (Å²) in [6.45, 7) is 2.29. The molecule has 0 spiro atoms. The van der Waals surface area contributed by atoms with Crippen molar-refractivity contribution in [2.45, 2.75) is 38.3 Å². The molecule has 1 amide bonds. The first kappa shape index (κ1) is 21.2. The molecule has 4 heterocycles. The van der Waals surface area contributed by atoms with E-state index in [4.69, 9.17) is 20.4 Å². The van der Waals surface area contributed by atoms with Crippen LogP contribution in [0.5, 0.6) is 5.88 Å². The average molecular weight is 459 g/mol. The van der Waals surface area contributed by atoms with E-state index < -0.39 is 0 Å². The monoisotopic (exact) mass is 458 g/mol. The van der Waals surface area contributed by atoms with Gasteiger partial charge in [-0.3, -0.25) is 4.79 Å². The number of nitrogens with zero attached hydrogens (tertiary/aromatic N) is 5. The normalized spacial score (nSPS) is 18.7. The summed E-state index contributed by atoms with van der Waals surface area (Å²) in [7, 11) is 3.67. The number of carbonyl (C=O) groups is 1. The number of hydrogen-bond acceptors (Lipinski definition) is 5. The van der Waals surface area contributed by atoms with E-state index in [0.29, 0.717) is 23.9 Å². The largest absolute Gasteiger partial charge is 0.481 e. The van der Waals surface area contributed by atoms with Crippen molar-refractivity contribution in [1.29, 1.82) is 0 Å². The van der Waals surface area contributed by atoms with Crippen molar-refractivity contribution in [3.8, 4) is 17.4 Å². The van der Waals surface area contributed by atoms with Gasteiger partial charge in [-0.2, -0.15) is 4.98 Å². The zero-order chi connectivity index (χ0) is 23.4. The van der Waals surface area contributed by atoms with E-state index in [1.807, 2.05) is 36.2 Å². The van der Waals surface area contributed by atoms with E-state index in [-0.39, 0.29) is 11.9 Å². The van der Waals surface area contributed by atoms with Crippen molar-refractivity contribution in [2.75, 3.05) is 20.2 Å². The van der Waals surface area contributed by atoms with E-state index >= 15 is 0 Å². The predicted molar refractivity (Wildman–Crippen MR) is 132 cm³/mol. The lowest BCUT2D eigenvalue weighted by Crippen LogP contribution is -2.45. The number of fused-ring (bicyclic) bond motifs is 2. The Morgan fingerprint density at radius 2 is 2.00 bits per heavy atom. The summed E-state index contributed by atoms with van der Waals surface area (Å²) in [5.41, 5.74) is 10.5. The molecule has 2 aliphatic rings. The zero-order valence-electron chi connectivity index (χ0n) is 19.7. The molecule has 1 aliphatic carbocycles. The van der Waals surface area contributed by atoms with Gasteiger partial charge in [-0.15, -0.1) is 0 Å². The van der Waals surface area contributed by atoms with Gasteiger partial charge in [0.25, 0.3) is 5.91 Å². The molecule has 34 heavy (non-hydrogen) atoms. The Hall–Kier alpha value is -3.39. The fraction of sp³-hybridized carbons (Fsp3) is 0.423. The summed E-state index contributed by atoms with van der Waals surface area (Å²) in [5.74, 6) is 2.19. The number of imidazole rings is 1. The average Bonchev–Trinajstić information content (AvgIpc) is 3.53. The number of methoxy groups -OCH3 is 1. The van der Waals surface area contributed by atoms with Crippen molar-refractivity contribution in [3.63, 3.8) is 0 Å². The Morgan fingerprint density at radius 3 is 2.76 bits per heavy atom. The molecular weight excluding hydrogens is 428 g/mol. The highest BCUT2D eigenvalue weighted by atomic mass is 16.5. The highest BCUT2D eigenvalue weighted by Crippen LogP contribution is 2.36. The van der Waals surface area contributed by atoms with E-state index in [9.17, 15) is 4.79 Å². The number of aromatic nitrogens is 4. The number of rotatable bonds is 5. The van der Waals surface area contributed by atoms with Gasteiger partial charge in [-0.05, 0) is 61.9 Å². The van der Waals surface area contributed by atoms with Gasteiger partial charge in [-0.1, -0.05) is 0 Å².